The van der Waals surface area contributed by atoms with Gasteiger partial charge in [0.25, 0.3) is 0 Å². The van der Waals surface area contributed by atoms with Crippen LogP contribution in [0.2, 0.25) is 0 Å². The number of nitrogens with zero attached hydrogens (tertiary/aromatic N) is 2. The molecular formula is C8H15BrN4O. The second-order valence-electron chi connectivity index (χ2n) is 2.87. The van der Waals surface area contributed by atoms with Gasteiger partial charge in [-0.2, -0.15) is 5.10 Å². The molecule has 1 atom stereocenters. The molecule has 1 rings (SSSR count). The fraction of sp³-hybridized carbons (Fsp3) is 0.625. The van der Waals surface area contributed by atoms with Gasteiger partial charge in [0.05, 0.1) is 29.0 Å². The minimum Gasteiger partial charge on any atom is -0.383 e. The molecule has 0 amide bonds. The highest BCUT2D eigenvalue weighted by Gasteiger charge is 2.17. The Morgan fingerprint density at radius 3 is 3.00 bits per heavy atom. The van der Waals surface area contributed by atoms with Crippen LogP contribution in [-0.4, -0.2) is 23.5 Å². The standard InChI is InChI=1S/C8H15BrN4O/c1-3-13-8(6(9)4-11-13)7(12-10)5-14-2/h4,7,12H,3,5,10H2,1-2H3. The second-order valence-corrected chi connectivity index (χ2v) is 3.72. The van der Waals surface area contributed by atoms with Gasteiger partial charge < -0.3 is 4.74 Å². The normalized spacial score (nSPS) is 13.1. The lowest BCUT2D eigenvalue weighted by Gasteiger charge is -2.16. The van der Waals surface area contributed by atoms with Crippen LogP contribution >= 0.6 is 15.9 Å². The minimum atomic E-state index is -0.0446. The van der Waals surface area contributed by atoms with Crippen molar-refractivity contribution in [3.8, 4) is 0 Å². The largest absolute Gasteiger partial charge is 0.383 e. The number of hydrogen-bond acceptors (Lipinski definition) is 4. The van der Waals surface area contributed by atoms with Crippen LogP contribution in [0.15, 0.2) is 10.7 Å². The number of halogens is 1. The summed E-state index contributed by atoms with van der Waals surface area (Å²) < 4.78 is 7.90. The molecule has 1 aromatic heterocycles. The molecule has 6 heteroatoms. The van der Waals surface area contributed by atoms with Crippen LogP contribution in [0.5, 0.6) is 0 Å². The first-order chi connectivity index (χ1) is 6.74. The summed E-state index contributed by atoms with van der Waals surface area (Å²) in [5.41, 5.74) is 3.72. The van der Waals surface area contributed by atoms with E-state index in [0.29, 0.717) is 6.61 Å². The maximum absolute atomic E-state index is 5.45. The van der Waals surface area contributed by atoms with Crippen LogP contribution in [0.4, 0.5) is 0 Å². The number of hydrazine groups is 1. The molecule has 1 unspecified atom stereocenters. The maximum atomic E-state index is 5.45. The molecule has 5 nitrogen and oxygen atoms in total. The van der Waals surface area contributed by atoms with Crippen molar-refractivity contribution < 1.29 is 4.74 Å². The Kier molecular flexibility index (Phi) is 4.53. The molecule has 0 aliphatic carbocycles. The van der Waals surface area contributed by atoms with E-state index in [1.165, 1.54) is 0 Å². The van der Waals surface area contributed by atoms with E-state index >= 15 is 0 Å². The van der Waals surface area contributed by atoms with Crippen molar-refractivity contribution in [3.05, 3.63) is 16.4 Å². The SMILES string of the molecule is CCn1ncc(Br)c1C(COC)NN. The van der Waals surface area contributed by atoms with Gasteiger partial charge in [0.15, 0.2) is 0 Å². The molecule has 0 aromatic carbocycles. The number of hydrogen-bond donors (Lipinski definition) is 2. The Morgan fingerprint density at radius 2 is 2.50 bits per heavy atom. The summed E-state index contributed by atoms with van der Waals surface area (Å²) in [4.78, 5) is 0. The fourth-order valence-electron chi connectivity index (χ4n) is 1.34. The number of ether oxygens (including phenoxy) is 1. The van der Waals surface area contributed by atoms with Gasteiger partial charge in [-0.25, -0.2) is 5.43 Å². The molecule has 0 fully saturated rings. The van der Waals surface area contributed by atoms with Crippen molar-refractivity contribution in [1.29, 1.82) is 0 Å². The van der Waals surface area contributed by atoms with Crippen LogP contribution < -0.4 is 11.3 Å². The highest BCUT2D eigenvalue weighted by atomic mass is 79.9. The lowest BCUT2D eigenvalue weighted by Crippen LogP contribution is -2.33. The Labute approximate surface area is 91.7 Å². The van der Waals surface area contributed by atoms with Crippen molar-refractivity contribution in [2.45, 2.75) is 19.5 Å². The Morgan fingerprint density at radius 1 is 1.79 bits per heavy atom. The minimum absolute atomic E-state index is 0.0446. The van der Waals surface area contributed by atoms with Crippen molar-refractivity contribution in [3.63, 3.8) is 0 Å². The second kappa shape index (κ2) is 5.45. The third-order valence-corrected chi connectivity index (χ3v) is 2.61. The summed E-state index contributed by atoms with van der Waals surface area (Å²) in [5.74, 6) is 5.45. The first kappa shape index (κ1) is 11.6. The van der Waals surface area contributed by atoms with Gasteiger partial charge in [0.2, 0.25) is 0 Å². The first-order valence-electron chi connectivity index (χ1n) is 4.40. The summed E-state index contributed by atoms with van der Waals surface area (Å²) in [7, 11) is 1.64. The van der Waals surface area contributed by atoms with Crippen LogP contribution in [0, 0.1) is 0 Å². The molecular weight excluding hydrogens is 248 g/mol. The number of aromatic nitrogens is 2. The Bertz CT molecular complexity index is 289. The molecule has 1 aromatic rings. The van der Waals surface area contributed by atoms with Crippen molar-refractivity contribution >= 4 is 15.9 Å². The van der Waals surface area contributed by atoms with Gasteiger partial charge in [0.1, 0.15) is 0 Å². The van der Waals surface area contributed by atoms with E-state index in [4.69, 9.17) is 10.6 Å². The molecule has 3 N–H and O–H groups in total. The van der Waals surface area contributed by atoms with Gasteiger partial charge in [-0.3, -0.25) is 10.5 Å². The first-order valence-corrected chi connectivity index (χ1v) is 5.20. The van der Waals surface area contributed by atoms with Crippen molar-refractivity contribution in [2.75, 3.05) is 13.7 Å². The molecule has 0 radical (unpaired) electrons. The quantitative estimate of drug-likeness (QED) is 0.609. The predicted octanol–water partition coefficient (Wildman–Crippen LogP) is 0.816. The molecule has 0 saturated carbocycles. The summed E-state index contributed by atoms with van der Waals surface area (Å²) in [6, 6.07) is -0.0446. The van der Waals surface area contributed by atoms with Gasteiger partial charge in [-0.1, -0.05) is 0 Å². The average Bonchev–Trinajstić information content (AvgIpc) is 2.56. The fourth-order valence-corrected chi connectivity index (χ4v) is 1.92. The number of nitrogens with one attached hydrogen (secondary N) is 1. The molecule has 0 bridgehead atoms. The van der Waals surface area contributed by atoms with E-state index in [1.807, 2.05) is 11.6 Å². The summed E-state index contributed by atoms with van der Waals surface area (Å²) in [6.45, 7) is 3.35. The van der Waals surface area contributed by atoms with Crippen molar-refractivity contribution in [1.82, 2.24) is 15.2 Å². The van der Waals surface area contributed by atoms with E-state index in [-0.39, 0.29) is 6.04 Å². The summed E-state index contributed by atoms with van der Waals surface area (Å²) in [5, 5.41) is 4.20. The van der Waals surface area contributed by atoms with Crippen LogP contribution in [-0.2, 0) is 11.3 Å². The summed E-state index contributed by atoms with van der Waals surface area (Å²) >= 11 is 3.43. The highest BCUT2D eigenvalue weighted by Crippen LogP contribution is 2.22. The van der Waals surface area contributed by atoms with E-state index in [2.05, 4.69) is 26.5 Å². The zero-order valence-corrected chi connectivity index (χ0v) is 9.91. The van der Waals surface area contributed by atoms with Gasteiger partial charge in [-0.05, 0) is 22.9 Å². The summed E-state index contributed by atoms with van der Waals surface area (Å²) in [6.07, 6.45) is 1.76. The molecule has 0 aliphatic heterocycles. The molecule has 0 aliphatic rings. The zero-order valence-electron chi connectivity index (χ0n) is 8.33. The van der Waals surface area contributed by atoms with Gasteiger partial charge in [0, 0.05) is 13.7 Å². The molecule has 80 valence electrons. The van der Waals surface area contributed by atoms with Crippen molar-refractivity contribution in [2.24, 2.45) is 5.84 Å². The number of nitrogens with two attached hydrogens (primary N) is 1. The zero-order chi connectivity index (χ0) is 10.6. The predicted molar refractivity (Wildman–Crippen MR) is 57.5 cm³/mol. The highest BCUT2D eigenvalue weighted by molar-refractivity contribution is 9.10. The Balaban J connectivity index is 2.94. The van der Waals surface area contributed by atoms with E-state index in [0.717, 1.165) is 16.7 Å². The lowest BCUT2D eigenvalue weighted by molar-refractivity contribution is 0.163. The number of methoxy groups -OCH3 is 1. The van der Waals surface area contributed by atoms with Crippen LogP contribution in [0.25, 0.3) is 0 Å². The topological polar surface area (TPSA) is 65.1 Å². The smallest absolute Gasteiger partial charge is 0.0873 e. The van der Waals surface area contributed by atoms with E-state index < -0.39 is 0 Å². The average molecular weight is 263 g/mol. The number of aryl methyl sites for hydroxylation is 1. The molecule has 0 spiro atoms. The van der Waals surface area contributed by atoms with E-state index in [9.17, 15) is 0 Å². The van der Waals surface area contributed by atoms with Crippen LogP contribution in [0.3, 0.4) is 0 Å². The van der Waals surface area contributed by atoms with E-state index in [1.54, 1.807) is 13.3 Å². The van der Waals surface area contributed by atoms with Gasteiger partial charge >= 0.3 is 0 Å². The third kappa shape index (κ3) is 2.33. The molecule has 14 heavy (non-hydrogen) atoms. The van der Waals surface area contributed by atoms with Crippen LogP contribution in [0.1, 0.15) is 18.7 Å². The maximum Gasteiger partial charge on any atom is 0.0873 e. The third-order valence-electron chi connectivity index (χ3n) is 2.00. The number of rotatable bonds is 5. The Hall–Kier alpha value is -0.430. The lowest BCUT2D eigenvalue weighted by atomic mass is 10.2. The molecule has 0 saturated heterocycles. The molecule has 1 heterocycles. The monoisotopic (exact) mass is 262 g/mol. The van der Waals surface area contributed by atoms with Gasteiger partial charge in [-0.15, -0.1) is 0 Å².